The molecule has 2 atom stereocenters. The zero-order valence-electron chi connectivity index (χ0n) is 17.4. The number of anilines is 2. The topological polar surface area (TPSA) is 70.6 Å². The maximum atomic E-state index is 11.2. The molecule has 2 unspecified atom stereocenters. The highest BCUT2D eigenvalue weighted by atomic mass is 32.1. The van der Waals surface area contributed by atoms with E-state index in [0.717, 1.165) is 56.5 Å². The fourth-order valence-electron chi connectivity index (χ4n) is 4.18. The summed E-state index contributed by atoms with van der Waals surface area (Å²) in [6, 6.07) is 0.337. The van der Waals surface area contributed by atoms with Gasteiger partial charge in [0.1, 0.15) is 5.76 Å². The summed E-state index contributed by atoms with van der Waals surface area (Å²) in [5.41, 5.74) is 2.79. The van der Waals surface area contributed by atoms with E-state index in [9.17, 15) is 4.79 Å². The molecule has 29 heavy (non-hydrogen) atoms. The van der Waals surface area contributed by atoms with E-state index >= 15 is 0 Å². The molecule has 1 aromatic heterocycles. The van der Waals surface area contributed by atoms with Crippen LogP contribution >= 0.6 is 11.3 Å². The van der Waals surface area contributed by atoms with E-state index in [1.165, 1.54) is 29.4 Å². The summed E-state index contributed by atoms with van der Waals surface area (Å²) in [7, 11) is 0. The van der Waals surface area contributed by atoms with Crippen LogP contribution in [-0.2, 0) is 9.53 Å². The van der Waals surface area contributed by atoms with Crippen LogP contribution in [0.1, 0.15) is 33.6 Å². The number of nitrogens with one attached hydrogen (secondary N) is 1. The zero-order chi connectivity index (χ0) is 20.4. The Bertz CT molecular complexity index is 851. The average Bonchev–Trinajstić information content (AvgIpc) is 3.34. The highest BCUT2D eigenvalue weighted by molar-refractivity contribution is 7.19. The number of hydrogen-bond donors (Lipinski definition) is 1. The van der Waals surface area contributed by atoms with Crippen molar-refractivity contribution in [2.45, 2.75) is 39.7 Å². The van der Waals surface area contributed by atoms with Gasteiger partial charge in [-0.2, -0.15) is 0 Å². The van der Waals surface area contributed by atoms with Crippen LogP contribution in [0.15, 0.2) is 35.1 Å². The Morgan fingerprint density at radius 2 is 2.10 bits per heavy atom. The first-order chi connectivity index (χ1) is 14.0. The van der Waals surface area contributed by atoms with Gasteiger partial charge < -0.3 is 15.0 Å². The monoisotopic (exact) mass is 415 g/mol. The number of ether oxygens (including phenoxy) is 1. The standard InChI is InChI=1S/C21H29N5O2S/c1-14-5-4-6-17(13-19-18(14)7-12-28-19)15(2)25-8-10-26(11-9-25)21-24-23-20(29-21)22-16(3)27/h4,6,13-15H,5,7-12H2,1-3H3,(H,22,23,27)/b6-4+,17-13+. The van der Waals surface area contributed by atoms with E-state index in [1.807, 2.05) is 0 Å². The van der Waals surface area contributed by atoms with E-state index in [2.05, 4.69) is 57.4 Å². The van der Waals surface area contributed by atoms with Crippen molar-refractivity contribution in [3.63, 3.8) is 0 Å². The molecule has 7 nitrogen and oxygen atoms in total. The summed E-state index contributed by atoms with van der Waals surface area (Å²) < 4.78 is 5.93. The van der Waals surface area contributed by atoms with Gasteiger partial charge in [-0.15, -0.1) is 10.2 Å². The maximum Gasteiger partial charge on any atom is 0.223 e. The lowest BCUT2D eigenvalue weighted by Crippen LogP contribution is -2.50. The zero-order valence-corrected chi connectivity index (χ0v) is 18.2. The Hall–Kier alpha value is -2.19. The largest absolute Gasteiger partial charge is 0.493 e. The normalized spacial score (nSPS) is 26.7. The number of piperazine rings is 1. The molecule has 0 saturated carbocycles. The van der Waals surface area contributed by atoms with Gasteiger partial charge in [0.25, 0.3) is 0 Å². The van der Waals surface area contributed by atoms with Crippen molar-refractivity contribution in [1.82, 2.24) is 15.1 Å². The summed E-state index contributed by atoms with van der Waals surface area (Å²) in [6.45, 7) is 10.6. The Balaban J connectivity index is 1.40. The molecule has 1 fully saturated rings. The van der Waals surface area contributed by atoms with Gasteiger partial charge in [-0.25, -0.2) is 0 Å². The minimum Gasteiger partial charge on any atom is -0.493 e. The quantitative estimate of drug-likeness (QED) is 0.814. The summed E-state index contributed by atoms with van der Waals surface area (Å²) in [5, 5.41) is 12.4. The molecule has 0 aromatic carbocycles. The van der Waals surface area contributed by atoms with Crippen LogP contribution in [0.5, 0.6) is 0 Å². The fraction of sp³-hybridized carbons (Fsp3) is 0.571. The maximum absolute atomic E-state index is 11.2. The van der Waals surface area contributed by atoms with E-state index in [4.69, 9.17) is 4.74 Å². The molecule has 156 valence electrons. The number of carbonyl (C=O) groups excluding carboxylic acids is 1. The van der Waals surface area contributed by atoms with Crippen molar-refractivity contribution in [1.29, 1.82) is 0 Å². The Labute approximate surface area is 176 Å². The second-order valence-electron chi connectivity index (χ2n) is 7.94. The minimum atomic E-state index is -0.120. The van der Waals surface area contributed by atoms with Gasteiger partial charge in [0.15, 0.2) is 0 Å². The molecule has 3 heterocycles. The molecule has 1 aromatic rings. The summed E-state index contributed by atoms with van der Waals surface area (Å²) in [6.07, 6.45) is 8.99. The molecule has 4 rings (SSSR count). The number of nitrogens with zero attached hydrogens (tertiary/aromatic N) is 4. The van der Waals surface area contributed by atoms with Crippen LogP contribution in [0.25, 0.3) is 0 Å². The second-order valence-corrected chi connectivity index (χ2v) is 8.90. The van der Waals surface area contributed by atoms with Gasteiger partial charge in [-0.1, -0.05) is 30.4 Å². The average molecular weight is 416 g/mol. The first-order valence-electron chi connectivity index (χ1n) is 10.4. The van der Waals surface area contributed by atoms with Gasteiger partial charge in [0.05, 0.1) is 6.61 Å². The highest BCUT2D eigenvalue weighted by Crippen LogP contribution is 2.33. The molecule has 1 aliphatic carbocycles. The van der Waals surface area contributed by atoms with Gasteiger partial charge in [-0.05, 0) is 36.5 Å². The van der Waals surface area contributed by atoms with Crippen molar-refractivity contribution in [2.24, 2.45) is 5.92 Å². The summed E-state index contributed by atoms with van der Waals surface area (Å²) in [4.78, 5) is 15.9. The predicted octanol–water partition coefficient (Wildman–Crippen LogP) is 3.20. The third-order valence-corrected chi connectivity index (χ3v) is 6.85. The molecule has 0 radical (unpaired) electrons. The Kier molecular flexibility index (Phi) is 6.01. The molecule has 1 saturated heterocycles. The Morgan fingerprint density at radius 3 is 2.86 bits per heavy atom. The lowest BCUT2D eigenvalue weighted by molar-refractivity contribution is -0.114. The van der Waals surface area contributed by atoms with E-state index < -0.39 is 0 Å². The third-order valence-electron chi connectivity index (χ3n) is 5.95. The molecular formula is C21H29N5O2S. The fourth-order valence-corrected chi connectivity index (χ4v) is 5.02. The molecule has 2 aliphatic heterocycles. The lowest BCUT2D eigenvalue weighted by atomic mass is 9.91. The van der Waals surface area contributed by atoms with Crippen LogP contribution in [0.3, 0.4) is 0 Å². The van der Waals surface area contributed by atoms with Crippen LogP contribution in [-0.4, -0.2) is 59.8 Å². The number of hydrogen-bond acceptors (Lipinski definition) is 7. The van der Waals surface area contributed by atoms with Gasteiger partial charge in [0.2, 0.25) is 16.2 Å². The molecule has 0 bridgehead atoms. The van der Waals surface area contributed by atoms with Crippen molar-refractivity contribution in [3.8, 4) is 0 Å². The number of carbonyl (C=O) groups is 1. The van der Waals surface area contributed by atoms with Crippen molar-refractivity contribution in [2.75, 3.05) is 43.0 Å². The molecule has 0 spiro atoms. The van der Waals surface area contributed by atoms with E-state index in [-0.39, 0.29) is 5.91 Å². The number of rotatable bonds is 4. The summed E-state index contributed by atoms with van der Waals surface area (Å²) >= 11 is 1.43. The van der Waals surface area contributed by atoms with Crippen molar-refractivity contribution >= 4 is 27.5 Å². The minimum absolute atomic E-state index is 0.120. The van der Waals surface area contributed by atoms with Gasteiger partial charge in [0, 0.05) is 45.6 Å². The molecule has 8 heteroatoms. The highest BCUT2D eigenvalue weighted by Gasteiger charge is 2.27. The van der Waals surface area contributed by atoms with Gasteiger partial charge >= 0.3 is 0 Å². The molecule has 1 N–H and O–H groups in total. The van der Waals surface area contributed by atoms with E-state index in [0.29, 0.717) is 17.1 Å². The SMILES string of the molecule is CC(=O)Nc1nnc(N2CCN(C(C)C3=C/C4=C(CCO4)C(C)C\C=C\3)CC2)s1. The summed E-state index contributed by atoms with van der Waals surface area (Å²) in [5.74, 6) is 1.54. The smallest absolute Gasteiger partial charge is 0.223 e. The second kappa shape index (κ2) is 8.67. The lowest BCUT2D eigenvalue weighted by Gasteiger charge is -2.38. The van der Waals surface area contributed by atoms with Crippen molar-refractivity contribution < 1.29 is 9.53 Å². The first kappa shape index (κ1) is 20.1. The van der Waals surface area contributed by atoms with Crippen LogP contribution in [0, 0.1) is 5.92 Å². The Morgan fingerprint density at radius 1 is 1.31 bits per heavy atom. The third kappa shape index (κ3) is 4.53. The van der Waals surface area contributed by atoms with Crippen LogP contribution < -0.4 is 10.2 Å². The molecular weight excluding hydrogens is 386 g/mol. The number of allylic oxidation sites excluding steroid dienone is 2. The van der Waals surface area contributed by atoms with Crippen LogP contribution in [0.4, 0.5) is 10.3 Å². The van der Waals surface area contributed by atoms with Crippen LogP contribution in [0.2, 0.25) is 0 Å². The molecule has 1 amide bonds. The van der Waals surface area contributed by atoms with E-state index in [1.54, 1.807) is 0 Å². The van der Waals surface area contributed by atoms with Crippen molar-refractivity contribution in [3.05, 3.63) is 35.1 Å². The number of amides is 1. The predicted molar refractivity (Wildman–Crippen MR) is 116 cm³/mol. The van der Waals surface area contributed by atoms with Gasteiger partial charge in [-0.3, -0.25) is 9.69 Å². The number of aromatic nitrogens is 2. The molecule has 3 aliphatic rings. The first-order valence-corrected chi connectivity index (χ1v) is 11.2.